The Bertz CT molecular complexity index is 766. The fourth-order valence-corrected chi connectivity index (χ4v) is 2.66. The Morgan fingerprint density at radius 3 is 2.64 bits per heavy atom. The molecule has 0 aliphatic carbocycles. The topological polar surface area (TPSA) is 68.5 Å². The van der Waals surface area contributed by atoms with Crippen molar-refractivity contribution < 1.29 is 13.9 Å². The van der Waals surface area contributed by atoms with E-state index in [1.54, 1.807) is 26.3 Å². The molecule has 0 saturated carbocycles. The highest BCUT2D eigenvalue weighted by Gasteiger charge is 2.20. The summed E-state index contributed by atoms with van der Waals surface area (Å²) in [4.78, 5) is 13.6. The van der Waals surface area contributed by atoms with E-state index < -0.39 is 0 Å². The van der Waals surface area contributed by atoms with Gasteiger partial charge in [-0.1, -0.05) is 11.3 Å². The second-order valence-corrected chi connectivity index (χ2v) is 5.42. The summed E-state index contributed by atoms with van der Waals surface area (Å²) in [5.74, 6) is 0.782. The smallest absolute Gasteiger partial charge is 0.295 e. The van der Waals surface area contributed by atoms with Crippen LogP contribution in [0.15, 0.2) is 47.1 Å². The number of carbonyl (C=O) groups excluding carboxylic acids is 1. The van der Waals surface area contributed by atoms with Crippen molar-refractivity contribution in [1.29, 1.82) is 0 Å². The third-order valence-electron chi connectivity index (χ3n) is 3.07. The Kier molecular flexibility index (Phi) is 3.88. The fraction of sp³-hybridized carbons (Fsp3) is 0.133. The Morgan fingerprint density at radius 1 is 1.23 bits per heavy atom. The lowest BCUT2D eigenvalue weighted by Gasteiger charge is -2.10. The number of nitrogens with zero attached hydrogens (tertiary/aromatic N) is 3. The first-order valence-electron chi connectivity index (χ1n) is 6.48. The van der Waals surface area contributed by atoms with Crippen molar-refractivity contribution in [1.82, 2.24) is 10.2 Å². The van der Waals surface area contributed by atoms with E-state index in [1.807, 2.05) is 24.3 Å². The Morgan fingerprint density at radius 2 is 2.00 bits per heavy atom. The molecule has 22 heavy (non-hydrogen) atoms. The minimum absolute atomic E-state index is 0.262. The van der Waals surface area contributed by atoms with Gasteiger partial charge in [0, 0.05) is 12.6 Å². The zero-order valence-corrected chi connectivity index (χ0v) is 12.8. The van der Waals surface area contributed by atoms with Gasteiger partial charge in [0.2, 0.25) is 5.13 Å². The largest absolute Gasteiger partial charge is 0.497 e. The lowest BCUT2D eigenvalue weighted by Crippen LogP contribution is -2.25. The van der Waals surface area contributed by atoms with E-state index in [0.29, 0.717) is 5.13 Å². The van der Waals surface area contributed by atoms with Crippen LogP contribution in [0.4, 0.5) is 5.13 Å². The van der Waals surface area contributed by atoms with Gasteiger partial charge in [-0.2, -0.15) is 0 Å². The molecule has 0 bridgehead atoms. The molecule has 7 heteroatoms. The van der Waals surface area contributed by atoms with Gasteiger partial charge in [-0.15, -0.1) is 10.2 Å². The Labute approximate surface area is 131 Å². The number of hydrogen-bond acceptors (Lipinski definition) is 6. The molecule has 1 aromatic carbocycles. The third-order valence-corrected chi connectivity index (χ3v) is 4.12. The monoisotopic (exact) mass is 315 g/mol. The zero-order valence-electron chi connectivity index (χ0n) is 12.0. The number of rotatable bonds is 4. The van der Waals surface area contributed by atoms with Crippen LogP contribution in [0.2, 0.25) is 0 Å². The van der Waals surface area contributed by atoms with E-state index in [0.717, 1.165) is 16.3 Å². The predicted molar refractivity (Wildman–Crippen MR) is 83.3 cm³/mol. The number of hydrogen-bond donors (Lipinski definition) is 0. The lowest BCUT2D eigenvalue weighted by atomic mass is 10.2. The van der Waals surface area contributed by atoms with Gasteiger partial charge in [0.25, 0.3) is 5.91 Å². The number of methoxy groups -OCH3 is 1. The van der Waals surface area contributed by atoms with Crippen molar-refractivity contribution in [3.8, 4) is 16.3 Å². The van der Waals surface area contributed by atoms with Crippen LogP contribution in [0.1, 0.15) is 10.6 Å². The number of benzene rings is 1. The summed E-state index contributed by atoms with van der Waals surface area (Å²) < 4.78 is 10.2. The summed E-state index contributed by atoms with van der Waals surface area (Å²) >= 11 is 1.33. The minimum Gasteiger partial charge on any atom is -0.497 e. The van der Waals surface area contributed by atoms with Gasteiger partial charge in [-0.25, -0.2) is 0 Å². The first-order chi connectivity index (χ1) is 10.7. The molecule has 0 radical (unpaired) electrons. The van der Waals surface area contributed by atoms with Gasteiger partial charge in [-0.3, -0.25) is 9.69 Å². The summed E-state index contributed by atoms with van der Waals surface area (Å²) in [5.41, 5.74) is 0.920. The quantitative estimate of drug-likeness (QED) is 0.740. The summed E-state index contributed by atoms with van der Waals surface area (Å²) in [5, 5.41) is 9.44. The van der Waals surface area contributed by atoms with Crippen molar-refractivity contribution in [2.75, 3.05) is 19.1 Å². The molecular formula is C15H13N3O3S. The van der Waals surface area contributed by atoms with Gasteiger partial charge < -0.3 is 9.15 Å². The lowest BCUT2D eigenvalue weighted by molar-refractivity contribution is 0.0966. The van der Waals surface area contributed by atoms with Crippen LogP contribution in [-0.4, -0.2) is 30.3 Å². The van der Waals surface area contributed by atoms with E-state index in [9.17, 15) is 4.79 Å². The number of carbonyl (C=O) groups is 1. The molecule has 0 atom stereocenters. The Hall–Kier alpha value is -2.67. The van der Waals surface area contributed by atoms with E-state index in [4.69, 9.17) is 9.15 Å². The molecular weight excluding hydrogens is 302 g/mol. The third kappa shape index (κ3) is 2.71. The van der Waals surface area contributed by atoms with Crippen molar-refractivity contribution >= 4 is 22.4 Å². The number of ether oxygens (including phenoxy) is 1. The highest BCUT2D eigenvalue weighted by Crippen LogP contribution is 2.29. The number of anilines is 1. The Balaban J connectivity index is 1.82. The molecule has 0 N–H and O–H groups in total. The molecule has 0 unspecified atom stereocenters. The van der Waals surface area contributed by atoms with Crippen LogP contribution in [0.5, 0.6) is 5.75 Å². The maximum atomic E-state index is 12.2. The molecule has 112 valence electrons. The number of amides is 1. The molecule has 3 rings (SSSR count). The molecule has 6 nitrogen and oxygen atoms in total. The van der Waals surface area contributed by atoms with Crippen LogP contribution in [0.3, 0.4) is 0 Å². The van der Waals surface area contributed by atoms with Crippen LogP contribution in [0, 0.1) is 0 Å². The summed E-state index contributed by atoms with van der Waals surface area (Å²) in [6.07, 6.45) is 1.46. The van der Waals surface area contributed by atoms with Gasteiger partial charge >= 0.3 is 0 Å². The van der Waals surface area contributed by atoms with Crippen molar-refractivity contribution in [2.24, 2.45) is 0 Å². The second-order valence-electron chi connectivity index (χ2n) is 4.46. The molecule has 0 aliphatic heterocycles. The average Bonchev–Trinajstić information content (AvgIpc) is 3.25. The van der Waals surface area contributed by atoms with Gasteiger partial charge in [-0.05, 0) is 36.4 Å². The van der Waals surface area contributed by atoms with Crippen LogP contribution in [0.25, 0.3) is 10.6 Å². The average molecular weight is 315 g/mol. The van der Waals surface area contributed by atoms with Gasteiger partial charge in [0.05, 0.1) is 13.4 Å². The summed E-state index contributed by atoms with van der Waals surface area (Å²) in [6.45, 7) is 0. The van der Waals surface area contributed by atoms with Crippen molar-refractivity contribution in [3.05, 3.63) is 48.4 Å². The summed E-state index contributed by atoms with van der Waals surface area (Å²) in [7, 11) is 3.26. The molecule has 2 heterocycles. The van der Waals surface area contributed by atoms with Crippen LogP contribution < -0.4 is 9.64 Å². The zero-order chi connectivity index (χ0) is 15.5. The van der Waals surface area contributed by atoms with Gasteiger partial charge in [0.1, 0.15) is 10.8 Å². The molecule has 2 aromatic heterocycles. The standard InChI is InChI=1S/C15H13N3O3S/c1-18(14(19)12-4-3-9-21-12)15-17-16-13(22-15)10-5-7-11(20-2)8-6-10/h3-9H,1-2H3. The highest BCUT2D eigenvalue weighted by molar-refractivity contribution is 7.18. The first-order valence-corrected chi connectivity index (χ1v) is 7.30. The minimum atomic E-state index is -0.262. The van der Waals surface area contributed by atoms with Crippen LogP contribution >= 0.6 is 11.3 Å². The normalized spacial score (nSPS) is 10.5. The second kappa shape index (κ2) is 5.98. The number of furan rings is 1. The van der Waals surface area contributed by atoms with E-state index >= 15 is 0 Å². The molecule has 1 amide bonds. The summed E-state index contributed by atoms with van der Waals surface area (Å²) in [6, 6.07) is 10.8. The van der Waals surface area contributed by atoms with Crippen molar-refractivity contribution in [2.45, 2.75) is 0 Å². The highest BCUT2D eigenvalue weighted by atomic mass is 32.1. The van der Waals surface area contributed by atoms with E-state index in [-0.39, 0.29) is 11.7 Å². The molecule has 0 fully saturated rings. The molecule has 0 spiro atoms. The van der Waals surface area contributed by atoms with Crippen molar-refractivity contribution in [3.63, 3.8) is 0 Å². The molecule has 3 aromatic rings. The van der Waals surface area contributed by atoms with E-state index in [1.165, 1.54) is 22.5 Å². The molecule has 0 aliphatic rings. The predicted octanol–water partition coefficient (Wildman–Crippen LogP) is 3.08. The molecule has 0 saturated heterocycles. The maximum Gasteiger partial charge on any atom is 0.295 e. The first kappa shape index (κ1) is 14.3. The van der Waals surface area contributed by atoms with Gasteiger partial charge in [0.15, 0.2) is 5.76 Å². The SMILES string of the molecule is COc1ccc(-c2nnc(N(C)C(=O)c3ccco3)s2)cc1. The fourth-order valence-electron chi connectivity index (χ4n) is 1.85. The maximum absolute atomic E-state index is 12.2. The van der Waals surface area contributed by atoms with E-state index in [2.05, 4.69) is 10.2 Å². The number of aromatic nitrogens is 2. The van der Waals surface area contributed by atoms with Crippen LogP contribution in [-0.2, 0) is 0 Å².